The Kier molecular flexibility index (Phi) is 8.07. The molecule has 1 aliphatic rings. The standard InChI is InChI=1S/C34H34ClN5O2/c1-23-19-25(9-10-26(23)22-40-17-15-38(2)16-18-40)31(41)21-27-20-28(11-12-29(27)35)42-34-32-30(13-14-39(32)3)36-33(37-34)24-7-5-4-6-8-24/h4-14,19-20H,15-18,21-22H2,1-3H3. The molecule has 1 saturated heterocycles. The largest absolute Gasteiger partial charge is 0.437 e. The van der Waals surface area contributed by atoms with Crippen molar-refractivity contribution < 1.29 is 9.53 Å². The summed E-state index contributed by atoms with van der Waals surface area (Å²) in [6.45, 7) is 7.28. The Bertz CT molecular complexity index is 1740. The van der Waals surface area contributed by atoms with Crippen LogP contribution >= 0.6 is 11.6 Å². The van der Waals surface area contributed by atoms with Gasteiger partial charge in [-0.05, 0) is 61.0 Å². The molecular weight excluding hydrogens is 546 g/mol. The third kappa shape index (κ3) is 6.09. The lowest BCUT2D eigenvalue weighted by Crippen LogP contribution is -2.43. The summed E-state index contributed by atoms with van der Waals surface area (Å²) in [5.41, 5.74) is 6.26. The van der Waals surface area contributed by atoms with Crippen molar-refractivity contribution >= 4 is 28.4 Å². The number of aryl methyl sites for hydroxylation is 2. The summed E-state index contributed by atoms with van der Waals surface area (Å²) in [7, 11) is 4.10. The number of ketones is 1. The molecule has 0 amide bonds. The van der Waals surface area contributed by atoms with Gasteiger partial charge in [0.2, 0.25) is 5.88 Å². The van der Waals surface area contributed by atoms with Crippen LogP contribution in [-0.4, -0.2) is 63.3 Å². The molecule has 5 aromatic rings. The molecule has 0 spiro atoms. The fraction of sp³-hybridized carbons (Fsp3) is 0.265. The van der Waals surface area contributed by atoms with Crippen molar-refractivity contribution in [2.45, 2.75) is 19.9 Å². The predicted octanol–water partition coefficient (Wildman–Crippen LogP) is 6.56. The van der Waals surface area contributed by atoms with Crippen LogP contribution in [-0.2, 0) is 20.0 Å². The number of rotatable bonds is 8. The Labute approximate surface area is 251 Å². The van der Waals surface area contributed by atoms with Crippen LogP contribution in [0.4, 0.5) is 0 Å². The van der Waals surface area contributed by atoms with Gasteiger partial charge in [0.05, 0.1) is 5.52 Å². The average Bonchev–Trinajstić information content (AvgIpc) is 3.38. The molecular formula is C34H34ClN5O2. The number of fused-ring (bicyclic) bond motifs is 1. The quantitative estimate of drug-likeness (QED) is 0.194. The van der Waals surface area contributed by atoms with Gasteiger partial charge in [0.1, 0.15) is 11.3 Å². The Balaban J connectivity index is 1.21. The second-order valence-electron chi connectivity index (χ2n) is 11.1. The number of halogens is 1. The first kappa shape index (κ1) is 28.1. The van der Waals surface area contributed by atoms with Gasteiger partial charge < -0.3 is 14.2 Å². The van der Waals surface area contributed by atoms with E-state index in [4.69, 9.17) is 26.3 Å². The molecule has 0 aliphatic carbocycles. The van der Waals surface area contributed by atoms with E-state index in [1.807, 2.05) is 72.4 Å². The highest BCUT2D eigenvalue weighted by atomic mass is 35.5. The lowest BCUT2D eigenvalue weighted by molar-refractivity contribution is 0.0993. The number of benzene rings is 3. The van der Waals surface area contributed by atoms with Gasteiger partial charge in [0, 0.05) is 68.5 Å². The molecule has 0 atom stereocenters. The average molecular weight is 580 g/mol. The van der Waals surface area contributed by atoms with Crippen molar-refractivity contribution in [3.8, 4) is 23.0 Å². The molecule has 0 unspecified atom stereocenters. The minimum absolute atomic E-state index is 0.0153. The third-order valence-electron chi connectivity index (χ3n) is 7.96. The second kappa shape index (κ2) is 12.1. The number of nitrogens with zero attached hydrogens (tertiary/aromatic N) is 5. The van der Waals surface area contributed by atoms with E-state index < -0.39 is 0 Å². The molecule has 42 heavy (non-hydrogen) atoms. The van der Waals surface area contributed by atoms with Gasteiger partial charge in [0.15, 0.2) is 11.6 Å². The van der Waals surface area contributed by atoms with E-state index in [1.165, 1.54) is 5.56 Å². The molecule has 0 radical (unpaired) electrons. The maximum absolute atomic E-state index is 13.4. The number of carbonyl (C=O) groups excluding carboxylic acids is 1. The van der Waals surface area contributed by atoms with Gasteiger partial charge in [-0.1, -0.05) is 54.1 Å². The second-order valence-corrected chi connectivity index (χ2v) is 11.5. The monoisotopic (exact) mass is 579 g/mol. The zero-order chi connectivity index (χ0) is 29.2. The summed E-state index contributed by atoms with van der Waals surface area (Å²) >= 11 is 6.57. The number of hydrogen-bond donors (Lipinski definition) is 0. The lowest BCUT2D eigenvalue weighted by atomic mass is 9.98. The first-order valence-corrected chi connectivity index (χ1v) is 14.6. The number of hydrogen-bond acceptors (Lipinski definition) is 6. The minimum atomic E-state index is 0.0153. The molecule has 0 saturated carbocycles. The van der Waals surface area contributed by atoms with Crippen molar-refractivity contribution in [2.24, 2.45) is 7.05 Å². The van der Waals surface area contributed by atoms with Crippen LogP contribution < -0.4 is 4.74 Å². The lowest BCUT2D eigenvalue weighted by Gasteiger charge is -2.32. The Hall–Kier alpha value is -4.04. The molecule has 0 N–H and O–H groups in total. The molecule has 8 heteroatoms. The van der Waals surface area contributed by atoms with Crippen molar-refractivity contribution in [2.75, 3.05) is 33.2 Å². The van der Waals surface area contributed by atoms with Crippen LogP contribution in [0, 0.1) is 6.92 Å². The van der Waals surface area contributed by atoms with Gasteiger partial charge in [-0.3, -0.25) is 9.69 Å². The van der Waals surface area contributed by atoms with E-state index >= 15 is 0 Å². The van der Waals surface area contributed by atoms with Crippen molar-refractivity contribution in [1.29, 1.82) is 0 Å². The zero-order valence-corrected chi connectivity index (χ0v) is 24.9. The first-order chi connectivity index (χ1) is 20.3. The molecule has 0 bridgehead atoms. The van der Waals surface area contributed by atoms with Crippen LogP contribution in [0.2, 0.25) is 5.02 Å². The Morgan fingerprint density at radius 2 is 1.69 bits per heavy atom. The fourth-order valence-corrected chi connectivity index (χ4v) is 5.56. The molecule has 3 heterocycles. The van der Waals surface area contributed by atoms with Crippen LogP contribution in [0.25, 0.3) is 22.4 Å². The van der Waals surface area contributed by atoms with Crippen LogP contribution in [0.15, 0.2) is 79.0 Å². The maximum atomic E-state index is 13.4. The van der Waals surface area contributed by atoms with Gasteiger partial charge in [-0.25, -0.2) is 4.98 Å². The van der Waals surface area contributed by atoms with Gasteiger partial charge >= 0.3 is 0 Å². The Morgan fingerprint density at radius 3 is 2.45 bits per heavy atom. The summed E-state index contributed by atoms with van der Waals surface area (Å²) in [5.74, 6) is 1.60. The highest BCUT2D eigenvalue weighted by molar-refractivity contribution is 6.31. The van der Waals surface area contributed by atoms with E-state index in [2.05, 4.69) is 29.8 Å². The van der Waals surface area contributed by atoms with Gasteiger partial charge in [-0.15, -0.1) is 0 Å². The minimum Gasteiger partial charge on any atom is -0.437 e. The van der Waals surface area contributed by atoms with Crippen LogP contribution in [0.3, 0.4) is 0 Å². The van der Waals surface area contributed by atoms with Crippen molar-refractivity contribution in [1.82, 2.24) is 24.3 Å². The molecule has 3 aromatic carbocycles. The number of aromatic nitrogens is 3. The van der Waals surface area contributed by atoms with Crippen molar-refractivity contribution in [3.63, 3.8) is 0 Å². The molecule has 1 aliphatic heterocycles. The normalized spacial score (nSPS) is 14.4. The Morgan fingerprint density at radius 1 is 0.905 bits per heavy atom. The first-order valence-electron chi connectivity index (χ1n) is 14.2. The van der Waals surface area contributed by atoms with E-state index in [0.717, 1.165) is 54.9 Å². The van der Waals surface area contributed by atoms with E-state index in [-0.39, 0.29) is 12.2 Å². The molecule has 6 rings (SSSR count). The fourth-order valence-electron chi connectivity index (χ4n) is 5.37. The molecule has 1 fully saturated rings. The smallest absolute Gasteiger partial charge is 0.247 e. The maximum Gasteiger partial charge on any atom is 0.247 e. The number of ether oxygens (including phenoxy) is 1. The summed E-state index contributed by atoms with van der Waals surface area (Å²) in [5, 5.41) is 0.524. The van der Waals surface area contributed by atoms with Crippen LogP contribution in [0.5, 0.6) is 11.6 Å². The predicted molar refractivity (Wildman–Crippen MR) is 167 cm³/mol. The van der Waals surface area contributed by atoms with E-state index in [0.29, 0.717) is 33.6 Å². The SMILES string of the molecule is Cc1cc(C(=O)Cc2cc(Oc3nc(-c4ccccc4)nc4ccn(C)c34)ccc2Cl)ccc1CN1CCN(C)CC1. The third-order valence-corrected chi connectivity index (χ3v) is 8.33. The summed E-state index contributed by atoms with van der Waals surface area (Å²) in [6, 6.07) is 23.2. The van der Waals surface area contributed by atoms with Gasteiger partial charge in [-0.2, -0.15) is 4.98 Å². The number of piperazine rings is 1. The summed E-state index contributed by atoms with van der Waals surface area (Å²) in [6.07, 6.45) is 2.11. The van der Waals surface area contributed by atoms with Crippen LogP contribution in [0.1, 0.15) is 27.0 Å². The topological polar surface area (TPSA) is 63.5 Å². The molecule has 214 valence electrons. The van der Waals surface area contributed by atoms with Crippen molar-refractivity contribution in [3.05, 3.63) is 106 Å². The summed E-state index contributed by atoms with van der Waals surface area (Å²) in [4.78, 5) is 27.7. The van der Waals surface area contributed by atoms with E-state index in [9.17, 15) is 4.79 Å². The highest BCUT2D eigenvalue weighted by Crippen LogP contribution is 2.32. The highest BCUT2D eigenvalue weighted by Gasteiger charge is 2.18. The zero-order valence-electron chi connectivity index (χ0n) is 24.2. The molecule has 7 nitrogen and oxygen atoms in total. The number of carbonyl (C=O) groups is 1. The number of likely N-dealkylation sites (N-methyl/N-ethyl adjacent to an activating group) is 1. The van der Waals surface area contributed by atoms with Gasteiger partial charge in [0.25, 0.3) is 0 Å². The number of Topliss-reactive ketones (excluding diaryl/α,β-unsaturated/α-hetero) is 1. The van der Waals surface area contributed by atoms with E-state index in [1.54, 1.807) is 12.1 Å². The molecule has 2 aromatic heterocycles. The summed E-state index contributed by atoms with van der Waals surface area (Å²) < 4.78 is 8.28.